The van der Waals surface area contributed by atoms with Crippen molar-refractivity contribution in [2.24, 2.45) is 5.16 Å². The molecule has 1 fully saturated rings. The Kier molecular flexibility index (Phi) is 8.84. The Morgan fingerprint density at radius 1 is 1.05 bits per heavy atom. The van der Waals surface area contributed by atoms with Gasteiger partial charge < -0.3 is 15.0 Å². The maximum atomic E-state index is 8.75. The van der Waals surface area contributed by atoms with Gasteiger partial charge in [0.25, 0.3) is 0 Å². The van der Waals surface area contributed by atoms with Crippen molar-refractivity contribution in [1.82, 2.24) is 9.80 Å². The minimum atomic E-state index is 0.931. The van der Waals surface area contributed by atoms with Crippen molar-refractivity contribution in [2.75, 3.05) is 39.3 Å². The van der Waals surface area contributed by atoms with Crippen LogP contribution in [0.3, 0.4) is 0 Å². The number of hydrogen-bond acceptors (Lipinski definition) is 4. The molecule has 0 spiro atoms. The fourth-order valence-corrected chi connectivity index (χ4v) is 2.52. The maximum Gasteiger partial charge on any atom is 0.0596 e. The van der Waals surface area contributed by atoms with Crippen molar-refractivity contribution < 1.29 is 5.21 Å². The lowest BCUT2D eigenvalue weighted by Gasteiger charge is -2.30. The zero-order chi connectivity index (χ0) is 13.9. The van der Waals surface area contributed by atoms with Crippen LogP contribution in [-0.2, 0) is 0 Å². The molecule has 0 atom stereocenters. The Morgan fingerprint density at radius 2 is 1.63 bits per heavy atom. The normalized spacial score (nSPS) is 17.1. The second kappa shape index (κ2) is 10.2. The highest BCUT2D eigenvalue weighted by molar-refractivity contribution is 5.84. The van der Waals surface area contributed by atoms with Gasteiger partial charge in [0.15, 0.2) is 0 Å². The molecule has 0 aliphatic carbocycles. The highest BCUT2D eigenvalue weighted by atomic mass is 16.4. The monoisotopic (exact) mass is 269 g/mol. The van der Waals surface area contributed by atoms with E-state index in [0.29, 0.717) is 0 Å². The third-order valence-corrected chi connectivity index (χ3v) is 3.96. The quantitative estimate of drug-likeness (QED) is 0.517. The van der Waals surface area contributed by atoms with Gasteiger partial charge in [-0.2, -0.15) is 0 Å². The van der Waals surface area contributed by atoms with Crippen molar-refractivity contribution in [3.8, 4) is 0 Å². The number of nitrogens with zero attached hydrogens (tertiary/aromatic N) is 3. The topological polar surface area (TPSA) is 39.1 Å². The van der Waals surface area contributed by atoms with Crippen LogP contribution in [0, 0.1) is 0 Å². The van der Waals surface area contributed by atoms with Gasteiger partial charge >= 0.3 is 0 Å². The van der Waals surface area contributed by atoms with Crippen LogP contribution in [0.25, 0.3) is 0 Å². The molecule has 0 aromatic rings. The molecule has 0 unspecified atom stereocenters. The molecule has 112 valence electrons. The molecule has 19 heavy (non-hydrogen) atoms. The van der Waals surface area contributed by atoms with Gasteiger partial charge in [-0.3, -0.25) is 0 Å². The van der Waals surface area contributed by atoms with Gasteiger partial charge in [-0.05, 0) is 25.9 Å². The molecule has 4 nitrogen and oxygen atoms in total. The van der Waals surface area contributed by atoms with Crippen molar-refractivity contribution in [1.29, 1.82) is 0 Å². The summed E-state index contributed by atoms with van der Waals surface area (Å²) in [6.07, 6.45) is 7.04. The van der Waals surface area contributed by atoms with Gasteiger partial charge in [-0.25, -0.2) is 0 Å². The maximum absolute atomic E-state index is 8.75. The van der Waals surface area contributed by atoms with Crippen LogP contribution in [0.2, 0.25) is 0 Å². The molecular formula is C15H31N3O. The molecule has 0 amide bonds. The van der Waals surface area contributed by atoms with E-state index in [0.717, 1.165) is 38.2 Å². The van der Waals surface area contributed by atoms with Crippen LogP contribution in [0.4, 0.5) is 0 Å². The van der Waals surface area contributed by atoms with Gasteiger partial charge in [-0.15, -0.1) is 0 Å². The minimum Gasteiger partial charge on any atom is -0.411 e. The van der Waals surface area contributed by atoms with Crippen molar-refractivity contribution >= 4 is 5.71 Å². The molecule has 0 aromatic carbocycles. The summed E-state index contributed by atoms with van der Waals surface area (Å²) >= 11 is 0. The van der Waals surface area contributed by atoms with E-state index in [2.05, 4.69) is 28.8 Å². The van der Waals surface area contributed by atoms with Crippen molar-refractivity contribution in [3.05, 3.63) is 0 Å². The minimum absolute atomic E-state index is 0.931. The summed E-state index contributed by atoms with van der Waals surface area (Å²) in [7, 11) is 0. The summed E-state index contributed by atoms with van der Waals surface area (Å²) in [6, 6.07) is 0. The highest BCUT2D eigenvalue weighted by Crippen LogP contribution is 2.07. The first kappa shape index (κ1) is 16.4. The van der Waals surface area contributed by atoms with Gasteiger partial charge in [0, 0.05) is 39.0 Å². The standard InChI is InChI=1S/C15H31N3O/c1-3-5-9-17(10-6-4-2)13-14-18-11-7-15(16-19)8-12-18/h19H,3-14H2,1-2H3. The molecule has 0 bridgehead atoms. The Morgan fingerprint density at radius 3 is 2.11 bits per heavy atom. The van der Waals surface area contributed by atoms with Crippen molar-refractivity contribution in [2.45, 2.75) is 52.4 Å². The molecule has 1 rings (SSSR count). The number of rotatable bonds is 9. The van der Waals surface area contributed by atoms with Gasteiger partial charge in [-0.1, -0.05) is 31.8 Å². The molecule has 0 radical (unpaired) electrons. The van der Waals surface area contributed by atoms with Crippen LogP contribution < -0.4 is 0 Å². The second-order valence-corrected chi connectivity index (χ2v) is 5.56. The number of likely N-dealkylation sites (tertiary alicyclic amines) is 1. The van der Waals surface area contributed by atoms with Crippen LogP contribution >= 0.6 is 0 Å². The molecular weight excluding hydrogens is 238 g/mol. The first-order valence-corrected chi connectivity index (χ1v) is 7.94. The summed E-state index contributed by atoms with van der Waals surface area (Å²) in [5, 5.41) is 12.1. The molecule has 1 N–H and O–H groups in total. The largest absolute Gasteiger partial charge is 0.411 e. The lowest BCUT2D eigenvalue weighted by molar-refractivity contribution is 0.197. The summed E-state index contributed by atoms with van der Waals surface area (Å²) in [4.78, 5) is 5.11. The van der Waals surface area contributed by atoms with E-state index < -0.39 is 0 Å². The lowest BCUT2D eigenvalue weighted by Crippen LogP contribution is -2.40. The summed E-state index contributed by atoms with van der Waals surface area (Å²) < 4.78 is 0. The molecule has 1 aliphatic rings. The first-order valence-electron chi connectivity index (χ1n) is 7.94. The Balaban J connectivity index is 2.22. The number of hydrogen-bond donors (Lipinski definition) is 1. The van der Waals surface area contributed by atoms with E-state index in [1.165, 1.54) is 45.3 Å². The fourth-order valence-electron chi connectivity index (χ4n) is 2.52. The average molecular weight is 269 g/mol. The smallest absolute Gasteiger partial charge is 0.0596 e. The summed E-state index contributed by atoms with van der Waals surface area (Å²) in [6.45, 7) is 11.5. The Bertz CT molecular complexity index is 238. The van der Waals surface area contributed by atoms with E-state index in [1.54, 1.807) is 0 Å². The third kappa shape index (κ3) is 6.92. The SMILES string of the molecule is CCCCN(CCCC)CCN1CCC(=NO)CC1. The molecule has 1 saturated heterocycles. The Hall–Kier alpha value is -0.610. The second-order valence-electron chi connectivity index (χ2n) is 5.56. The van der Waals surface area contributed by atoms with E-state index >= 15 is 0 Å². The Labute approximate surface area is 118 Å². The van der Waals surface area contributed by atoms with Crippen LogP contribution in [-0.4, -0.2) is 60.0 Å². The number of piperidine rings is 1. The molecule has 0 saturated carbocycles. The molecule has 1 heterocycles. The number of unbranched alkanes of at least 4 members (excludes halogenated alkanes) is 2. The fraction of sp³-hybridized carbons (Fsp3) is 0.933. The summed E-state index contributed by atoms with van der Waals surface area (Å²) in [5.74, 6) is 0. The van der Waals surface area contributed by atoms with Gasteiger partial charge in [0.2, 0.25) is 0 Å². The predicted molar refractivity (Wildman–Crippen MR) is 81.2 cm³/mol. The zero-order valence-corrected chi connectivity index (χ0v) is 12.8. The van der Waals surface area contributed by atoms with Crippen molar-refractivity contribution in [3.63, 3.8) is 0 Å². The molecule has 0 aromatic heterocycles. The summed E-state index contributed by atoms with van der Waals surface area (Å²) in [5.41, 5.74) is 0.963. The molecule has 4 heteroatoms. The van der Waals surface area contributed by atoms with Crippen LogP contribution in [0.5, 0.6) is 0 Å². The van der Waals surface area contributed by atoms with Gasteiger partial charge in [0.05, 0.1) is 5.71 Å². The van der Waals surface area contributed by atoms with E-state index in [9.17, 15) is 0 Å². The molecule has 1 aliphatic heterocycles. The first-order chi connectivity index (χ1) is 9.30. The van der Waals surface area contributed by atoms with Crippen LogP contribution in [0.1, 0.15) is 52.4 Å². The van der Waals surface area contributed by atoms with E-state index in [-0.39, 0.29) is 0 Å². The lowest BCUT2D eigenvalue weighted by atomic mass is 10.1. The van der Waals surface area contributed by atoms with E-state index in [4.69, 9.17) is 5.21 Å². The van der Waals surface area contributed by atoms with Crippen LogP contribution in [0.15, 0.2) is 5.16 Å². The third-order valence-electron chi connectivity index (χ3n) is 3.96. The predicted octanol–water partition coefficient (Wildman–Crippen LogP) is 2.81. The van der Waals surface area contributed by atoms with Gasteiger partial charge in [0.1, 0.15) is 0 Å². The zero-order valence-electron chi connectivity index (χ0n) is 12.8. The van der Waals surface area contributed by atoms with E-state index in [1.807, 2.05) is 0 Å². The number of oxime groups is 1. The average Bonchev–Trinajstić information content (AvgIpc) is 2.47. The highest BCUT2D eigenvalue weighted by Gasteiger charge is 2.15.